The quantitative estimate of drug-likeness (QED) is 0.668. The van der Waals surface area contributed by atoms with Gasteiger partial charge in [-0.3, -0.25) is 4.79 Å². The molecule has 0 radical (unpaired) electrons. The van der Waals surface area contributed by atoms with Crippen molar-refractivity contribution in [1.29, 1.82) is 0 Å². The van der Waals surface area contributed by atoms with E-state index in [1.807, 2.05) is 13.0 Å². The van der Waals surface area contributed by atoms with Crippen LogP contribution in [0.4, 0.5) is 10.1 Å². The number of pyridine rings is 1. The summed E-state index contributed by atoms with van der Waals surface area (Å²) in [6.07, 6.45) is 5.63. The van der Waals surface area contributed by atoms with Crippen molar-refractivity contribution in [3.8, 4) is 5.88 Å². The monoisotopic (exact) mass is 439 g/mol. The van der Waals surface area contributed by atoms with Gasteiger partial charge in [-0.1, -0.05) is 11.6 Å². The fourth-order valence-corrected chi connectivity index (χ4v) is 5.16. The summed E-state index contributed by atoms with van der Waals surface area (Å²) in [5.41, 5.74) is 1.18. The van der Waals surface area contributed by atoms with Crippen molar-refractivity contribution in [3.05, 3.63) is 17.3 Å². The molecule has 0 bridgehead atoms. The minimum Gasteiger partial charge on any atom is -0.476 e. The summed E-state index contributed by atoms with van der Waals surface area (Å²) in [4.78, 5) is 17.5. The maximum Gasteiger partial charge on any atom is 0.234 e. The van der Waals surface area contributed by atoms with Gasteiger partial charge < -0.3 is 19.7 Å². The van der Waals surface area contributed by atoms with Gasteiger partial charge in [-0.25, -0.2) is 9.37 Å². The molecule has 1 aromatic rings. The minimum absolute atomic E-state index is 0.0271. The second kappa shape index (κ2) is 8.87. The van der Waals surface area contributed by atoms with Gasteiger partial charge in [0.1, 0.15) is 11.2 Å². The largest absolute Gasteiger partial charge is 0.476 e. The van der Waals surface area contributed by atoms with E-state index in [2.05, 4.69) is 15.2 Å². The summed E-state index contributed by atoms with van der Waals surface area (Å²) in [6.45, 7) is 5.96. The van der Waals surface area contributed by atoms with E-state index in [0.717, 1.165) is 24.9 Å². The third-order valence-electron chi connectivity index (χ3n) is 6.56. The summed E-state index contributed by atoms with van der Waals surface area (Å²) in [5.74, 6) is 0.918. The molecule has 0 aromatic carbocycles. The van der Waals surface area contributed by atoms with Gasteiger partial charge in [-0.2, -0.15) is 0 Å². The molecule has 1 amide bonds. The number of ether oxygens (including phenoxy) is 2. The fraction of sp³-hybridized carbons (Fsp3) is 0.727. The number of nitrogens with one attached hydrogen (secondary N) is 1. The number of alkyl halides is 1. The summed E-state index contributed by atoms with van der Waals surface area (Å²) in [7, 11) is 0. The van der Waals surface area contributed by atoms with Crippen LogP contribution < -0.4 is 15.0 Å². The Morgan fingerprint density at radius 1 is 1.40 bits per heavy atom. The molecule has 2 heterocycles. The van der Waals surface area contributed by atoms with E-state index in [9.17, 15) is 9.18 Å². The number of halogens is 2. The van der Waals surface area contributed by atoms with Gasteiger partial charge in [0.15, 0.2) is 0 Å². The molecule has 3 fully saturated rings. The molecule has 6 nitrogen and oxygen atoms in total. The lowest BCUT2D eigenvalue weighted by atomic mass is 9.72. The summed E-state index contributed by atoms with van der Waals surface area (Å²) in [6, 6.07) is 1.91. The van der Waals surface area contributed by atoms with E-state index in [0.29, 0.717) is 67.5 Å². The van der Waals surface area contributed by atoms with Gasteiger partial charge in [-0.15, -0.1) is 0 Å². The normalized spacial score (nSPS) is 29.4. The molecule has 1 N–H and O–H groups in total. The predicted molar refractivity (Wildman–Crippen MR) is 114 cm³/mol. The maximum atomic E-state index is 13.4. The Kier molecular flexibility index (Phi) is 6.39. The van der Waals surface area contributed by atoms with Crippen LogP contribution in [0.5, 0.6) is 5.88 Å². The predicted octanol–water partition coefficient (Wildman–Crippen LogP) is 3.76. The zero-order chi connectivity index (χ0) is 21.3. The van der Waals surface area contributed by atoms with Crippen LogP contribution in [0.1, 0.15) is 46.0 Å². The SMILES string of the molecule is CC(=O)N[C@@H](C)COC1CC12CC(COc1nccc(N3CCC(F)CC3)c1Cl)C2. The van der Waals surface area contributed by atoms with Crippen LogP contribution in [-0.2, 0) is 9.53 Å². The number of hydrogen-bond donors (Lipinski definition) is 1. The van der Waals surface area contributed by atoms with Gasteiger partial charge >= 0.3 is 0 Å². The number of rotatable bonds is 8. The highest BCUT2D eigenvalue weighted by Gasteiger charge is 2.62. The number of anilines is 1. The zero-order valence-corrected chi connectivity index (χ0v) is 18.5. The molecule has 1 spiro atoms. The standard InChI is InChI=1S/C22H31ClFN3O3/c1-14(26-15(2)28)12-29-19-11-22(19)9-16(10-22)13-30-21-20(23)18(3-6-25-21)27-7-4-17(24)5-8-27/h3,6,14,16-17,19H,4-5,7-13H2,1-2H3,(H,26,28)/t14-,16?,19?,22?/m0/s1. The van der Waals surface area contributed by atoms with Crippen molar-refractivity contribution < 1.29 is 18.7 Å². The van der Waals surface area contributed by atoms with Crippen molar-refractivity contribution in [1.82, 2.24) is 10.3 Å². The molecule has 1 aliphatic heterocycles. The Bertz CT molecular complexity index is 766. The average Bonchev–Trinajstić information content (AvgIpc) is 3.40. The molecule has 4 rings (SSSR count). The molecule has 3 aliphatic rings. The van der Waals surface area contributed by atoms with Gasteiger partial charge in [-0.05, 0) is 56.4 Å². The topological polar surface area (TPSA) is 63.7 Å². The number of carbonyl (C=O) groups is 1. The lowest BCUT2D eigenvalue weighted by molar-refractivity contribution is -0.120. The van der Waals surface area contributed by atoms with E-state index in [-0.39, 0.29) is 11.9 Å². The van der Waals surface area contributed by atoms with Gasteiger partial charge in [0.2, 0.25) is 11.8 Å². The maximum absolute atomic E-state index is 13.4. The first-order chi connectivity index (χ1) is 14.4. The third kappa shape index (κ3) is 4.83. The second-order valence-corrected chi connectivity index (χ2v) is 9.56. The Labute approximate surface area is 182 Å². The van der Waals surface area contributed by atoms with Crippen LogP contribution in [0, 0.1) is 11.3 Å². The molecule has 2 atom stereocenters. The summed E-state index contributed by atoms with van der Waals surface area (Å²) >= 11 is 6.55. The van der Waals surface area contributed by atoms with Gasteiger partial charge in [0.05, 0.1) is 25.0 Å². The number of nitrogens with zero attached hydrogens (tertiary/aromatic N) is 2. The van der Waals surface area contributed by atoms with Gasteiger partial charge in [0.25, 0.3) is 0 Å². The van der Waals surface area contributed by atoms with Gasteiger partial charge in [0, 0.05) is 32.3 Å². The summed E-state index contributed by atoms with van der Waals surface area (Å²) in [5, 5.41) is 3.36. The summed E-state index contributed by atoms with van der Waals surface area (Å²) < 4.78 is 25.4. The Balaban J connectivity index is 1.21. The Morgan fingerprint density at radius 2 is 2.13 bits per heavy atom. The lowest BCUT2D eigenvalue weighted by Crippen LogP contribution is -2.36. The number of amides is 1. The van der Waals surface area contributed by atoms with Crippen molar-refractivity contribution in [2.45, 2.75) is 64.3 Å². The van der Waals surface area contributed by atoms with Crippen molar-refractivity contribution in [2.24, 2.45) is 11.3 Å². The number of aromatic nitrogens is 1. The molecular weight excluding hydrogens is 409 g/mol. The molecule has 2 saturated carbocycles. The molecule has 2 aliphatic carbocycles. The van der Waals surface area contributed by atoms with Crippen LogP contribution >= 0.6 is 11.6 Å². The average molecular weight is 440 g/mol. The first-order valence-corrected chi connectivity index (χ1v) is 11.3. The molecular formula is C22H31ClFN3O3. The van der Waals surface area contributed by atoms with E-state index in [1.165, 1.54) is 6.92 Å². The van der Waals surface area contributed by atoms with Crippen LogP contribution in [0.25, 0.3) is 0 Å². The third-order valence-corrected chi connectivity index (χ3v) is 6.92. The second-order valence-electron chi connectivity index (χ2n) is 9.19. The number of carbonyl (C=O) groups excluding carboxylic acids is 1. The first-order valence-electron chi connectivity index (χ1n) is 10.9. The first kappa shape index (κ1) is 21.6. The molecule has 30 heavy (non-hydrogen) atoms. The van der Waals surface area contributed by atoms with E-state index in [4.69, 9.17) is 21.1 Å². The lowest BCUT2D eigenvalue weighted by Gasteiger charge is -2.36. The number of piperidine rings is 1. The van der Waals surface area contributed by atoms with Crippen LogP contribution in [0.15, 0.2) is 12.3 Å². The van der Waals surface area contributed by atoms with Crippen LogP contribution in [-0.4, -0.2) is 55.5 Å². The smallest absolute Gasteiger partial charge is 0.234 e. The van der Waals surface area contributed by atoms with Crippen molar-refractivity contribution in [3.63, 3.8) is 0 Å². The van der Waals surface area contributed by atoms with Crippen molar-refractivity contribution >= 4 is 23.2 Å². The number of hydrogen-bond acceptors (Lipinski definition) is 5. The van der Waals surface area contributed by atoms with Crippen LogP contribution in [0.2, 0.25) is 5.02 Å². The molecule has 1 saturated heterocycles. The Morgan fingerprint density at radius 3 is 2.83 bits per heavy atom. The van der Waals surface area contributed by atoms with Crippen molar-refractivity contribution in [2.75, 3.05) is 31.2 Å². The molecule has 8 heteroatoms. The van der Waals surface area contributed by atoms with E-state index < -0.39 is 6.17 Å². The highest BCUT2D eigenvalue weighted by Crippen LogP contribution is 2.64. The molecule has 1 aromatic heterocycles. The van der Waals surface area contributed by atoms with E-state index >= 15 is 0 Å². The van der Waals surface area contributed by atoms with Crippen LogP contribution in [0.3, 0.4) is 0 Å². The highest BCUT2D eigenvalue weighted by molar-refractivity contribution is 6.34. The fourth-order valence-electron chi connectivity index (χ4n) is 4.88. The van der Waals surface area contributed by atoms with E-state index in [1.54, 1.807) is 6.20 Å². The molecule has 1 unspecified atom stereocenters. The minimum atomic E-state index is -0.715. The zero-order valence-electron chi connectivity index (χ0n) is 17.7. The molecule has 166 valence electrons. The highest BCUT2D eigenvalue weighted by atomic mass is 35.5. The Hall–Kier alpha value is -1.60.